The van der Waals surface area contributed by atoms with Gasteiger partial charge in [0.05, 0.1) is 6.42 Å². The third-order valence-corrected chi connectivity index (χ3v) is 2.29. The van der Waals surface area contributed by atoms with Crippen LogP contribution in [0.2, 0.25) is 0 Å². The van der Waals surface area contributed by atoms with Gasteiger partial charge in [-0.3, -0.25) is 0 Å². The van der Waals surface area contributed by atoms with E-state index >= 15 is 0 Å². The minimum Gasteiger partial charge on any atom is -0.480 e. The van der Waals surface area contributed by atoms with Gasteiger partial charge in [0.25, 0.3) is 0 Å². The Balaban J connectivity index is 4.34. The van der Waals surface area contributed by atoms with Crippen LogP contribution in [0.15, 0.2) is 0 Å². The normalized spacial score (nSPS) is 13.3. The fourth-order valence-corrected chi connectivity index (χ4v) is 1.15. The molecule has 2 N–H and O–H groups in total. The van der Waals surface area contributed by atoms with Gasteiger partial charge in [0.1, 0.15) is 6.04 Å². The van der Waals surface area contributed by atoms with E-state index in [0.717, 1.165) is 4.90 Å². The summed E-state index contributed by atoms with van der Waals surface area (Å²) in [6, 6.07) is -1.95. The van der Waals surface area contributed by atoms with Crippen molar-refractivity contribution in [2.45, 2.75) is 32.5 Å². The molecule has 0 aliphatic carbocycles. The second kappa shape index (κ2) is 6.46. The van der Waals surface area contributed by atoms with Crippen molar-refractivity contribution < 1.29 is 27.9 Å². The van der Waals surface area contributed by atoms with Gasteiger partial charge in [0, 0.05) is 13.6 Å². The number of carboxylic acids is 1. The van der Waals surface area contributed by atoms with E-state index in [-0.39, 0.29) is 5.92 Å². The molecule has 0 fully saturated rings. The van der Waals surface area contributed by atoms with E-state index in [1.54, 1.807) is 13.8 Å². The number of alkyl halides is 3. The maximum atomic E-state index is 11.9. The first kappa shape index (κ1) is 16.5. The van der Waals surface area contributed by atoms with Gasteiger partial charge in [-0.25, -0.2) is 9.59 Å². The summed E-state index contributed by atoms with van der Waals surface area (Å²) in [5.74, 6) is -1.58. The smallest absolute Gasteiger partial charge is 0.390 e. The molecule has 0 saturated carbocycles. The third kappa shape index (κ3) is 6.31. The molecule has 0 bridgehead atoms. The van der Waals surface area contributed by atoms with Crippen LogP contribution in [0.25, 0.3) is 0 Å². The van der Waals surface area contributed by atoms with Crippen LogP contribution in [0.5, 0.6) is 0 Å². The number of carbonyl (C=O) groups excluding carboxylic acids is 1. The van der Waals surface area contributed by atoms with Crippen LogP contribution >= 0.6 is 0 Å². The van der Waals surface area contributed by atoms with Gasteiger partial charge in [0.15, 0.2) is 0 Å². The number of carboxylic acid groups (broad SMARTS) is 1. The minimum absolute atomic E-state index is 0.359. The molecule has 0 rings (SSSR count). The molecule has 2 amide bonds. The van der Waals surface area contributed by atoms with E-state index in [1.165, 1.54) is 7.05 Å². The number of nitrogens with zero attached hydrogens (tertiary/aromatic N) is 1. The molecule has 0 aliphatic rings. The van der Waals surface area contributed by atoms with E-state index in [1.807, 2.05) is 0 Å². The summed E-state index contributed by atoms with van der Waals surface area (Å²) >= 11 is 0. The summed E-state index contributed by atoms with van der Waals surface area (Å²) in [4.78, 5) is 23.1. The number of hydrogen-bond acceptors (Lipinski definition) is 2. The Morgan fingerprint density at radius 2 is 1.83 bits per heavy atom. The summed E-state index contributed by atoms with van der Waals surface area (Å²) in [7, 11) is 1.18. The highest BCUT2D eigenvalue weighted by molar-refractivity contribution is 5.82. The molecule has 0 aromatic carbocycles. The Morgan fingerprint density at radius 3 is 2.17 bits per heavy atom. The Labute approximate surface area is 103 Å². The van der Waals surface area contributed by atoms with Crippen LogP contribution in [0.4, 0.5) is 18.0 Å². The highest BCUT2D eigenvalue weighted by atomic mass is 19.4. The lowest BCUT2D eigenvalue weighted by atomic mass is 10.1. The predicted octanol–water partition coefficient (Wildman–Crippen LogP) is 1.69. The van der Waals surface area contributed by atoms with Crippen molar-refractivity contribution in [2.75, 3.05) is 13.6 Å². The Hall–Kier alpha value is -1.47. The highest BCUT2D eigenvalue weighted by Gasteiger charge is 2.29. The lowest BCUT2D eigenvalue weighted by molar-refractivity contribution is -0.141. The van der Waals surface area contributed by atoms with Gasteiger partial charge in [-0.2, -0.15) is 13.2 Å². The lowest BCUT2D eigenvalue weighted by Gasteiger charge is -2.23. The maximum absolute atomic E-state index is 11.9. The van der Waals surface area contributed by atoms with Gasteiger partial charge in [-0.15, -0.1) is 0 Å². The molecule has 0 spiro atoms. The van der Waals surface area contributed by atoms with Gasteiger partial charge >= 0.3 is 18.2 Å². The largest absolute Gasteiger partial charge is 0.480 e. The lowest BCUT2D eigenvalue weighted by Crippen LogP contribution is -2.49. The molecule has 5 nitrogen and oxygen atoms in total. The molecule has 0 radical (unpaired) electrons. The molecule has 1 atom stereocenters. The van der Waals surface area contributed by atoms with Crippen molar-refractivity contribution in [1.82, 2.24) is 10.2 Å². The molecule has 0 aromatic rings. The SMILES string of the molecule is CC(C)[C@@H](NC(=O)N(C)CCC(F)(F)F)C(=O)O. The number of carbonyl (C=O) groups is 2. The second-order valence-electron chi connectivity index (χ2n) is 4.30. The van der Waals surface area contributed by atoms with E-state index in [9.17, 15) is 22.8 Å². The molecule has 0 saturated heterocycles. The number of nitrogens with one attached hydrogen (secondary N) is 1. The van der Waals surface area contributed by atoms with E-state index in [0.29, 0.717) is 0 Å². The number of halogens is 3. The molecule has 0 aromatic heterocycles. The van der Waals surface area contributed by atoms with E-state index < -0.39 is 37.2 Å². The summed E-state index contributed by atoms with van der Waals surface area (Å²) < 4.78 is 35.8. The highest BCUT2D eigenvalue weighted by Crippen LogP contribution is 2.19. The molecule has 106 valence electrons. The van der Waals surface area contributed by atoms with Crippen LogP contribution in [-0.4, -0.2) is 47.8 Å². The van der Waals surface area contributed by atoms with Crippen molar-refractivity contribution in [1.29, 1.82) is 0 Å². The maximum Gasteiger partial charge on any atom is 0.390 e. The number of hydrogen-bond donors (Lipinski definition) is 2. The molecule has 0 aliphatic heterocycles. The minimum atomic E-state index is -4.35. The van der Waals surface area contributed by atoms with Crippen molar-refractivity contribution >= 4 is 12.0 Å². The average Bonchev–Trinajstić information content (AvgIpc) is 2.19. The average molecular weight is 270 g/mol. The standard InChI is InChI=1S/C10H17F3N2O3/c1-6(2)7(8(16)17)14-9(18)15(3)5-4-10(11,12)13/h6-7H,4-5H2,1-3H3,(H,14,18)(H,16,17)/t7-/m1/s1. The summed E-state index contributed by atoms with van der Waals surface area (Å²) in [6.45, 7) is 2.67. The monoisotopic (exact) mass is 270 g/mol. The van der Waals surface area contributed by atoms with Gasteiger partial charge in [-0.1, -0.05) is 13.8 Å². The summed E-state index contributed by atoms with van der Waals surface area (Å²) in [5.41, 5.74) is 0. The molecule has 0 unspecified atom stereocenters. The van der Waals surface area contributed by atoms with Crippen LogP contribution < -0.4 is 5.32 Å². The van der Waals surface area contributed by atoms with Crippen molar-refractivity contribution in [2.24, 2.45) is 5.92 Å². The van der Waals surface area contributed by atoms with Crippen LogP contribution in [0, 0.1) is 5.92 Å². The first-order chi connectivity index (χ1) is 8.04. The second-order valence-corrected chi connectivity index (χ2v) is 4.30. The zero-order chi connectivity index (χ0) is 14.5. The number of aliphatic carboxylic acids is 1. The van der Waals surface area contributed by atoms with Gasteiger partial charge in [0.2, 0.25) is 0 Å². The van der Waals surface area contributed by atoms with Crippen molar-refractivity contribution in [3.63, 3.8) is 0 Å². The van der Waals surface area contributed by atoms with Crippen LogP contribution in [0.3, 0.4) is 0 Å². The van der Waals surface area contributed by atoms with Gasteiger partial charge < -0.3 is 15.3 Å². The topological polar surface area (TPSA) is 69.6 Å². The number of rotatable bonds is 5. The predicted molar refractivity (Wildman–Crippen MR) is 58.1 cm³/mol. The molecule has 18 heavy (non-hydrogen) atoms. The van der Waals surface area contributed by atoms with Crippen LogP contribution in [-0.2, 0) is 4.79 Å². The van der Waals surface area contributed by atoms with E-state index in [4.69, 9.17) is 5.11 Å². The number of amides is 2. The van der Waals surface area contributed by atoms with Crippen molar-refractivity contribution in [3.05, 3.63) is 0 Å². The molecular formula is C10H17F3N2O3. The molecule has 0 heterocycles. The van der Waals surface area contributed by atoms with Gasteiger partial charge in [-0.05, 0) is 5.92 Å². The quantitative estimate of drug-likeness (QED) is 0.798. The fraction of sp³-hybridized carbons (Fsp3) is 0.800. The first-order valence-corrected chi connectivity index (χ1v) is 5.35. The Bertz CT molecular complexity index is 305. The summed E-state index contributed by atoms with van der Waals surface area (Å²) in [6.07, 6.45) is -5.48. The molecule has 8 heteroatoms. The zero-order valence-electron chi connectivity index (χ0n) is 10.4. The Morgan fingerprint density at radius 1 is 1.33 bits per heavy atom. The third-order valence-electron chi connectivity index (χ3n) is 2.29. The number of urea groups is 1. The van der Waals surface area contributed by atoms with E-state index in [2.05, 4.69) is 5.32 Å². The summed E-state index contributed by atoms with van der Waals surface area (Å²) in [5, 5.41) is 11.0. The van der Waals surface area contributed by atoms with Crippen molar-refractivity contribution in [3.8, 4) is 0 Å². The fourth-order valence-electron chi connectivity index (χ4n) is 1.15. The Kier molecular flexibility index (Phi) is 5.93. The molecular weight excluding hydrogens is 253 g/mol. The first-order valence-electron chi connectivity index (χ1n) is 5.35. The zero-order valence-corrected chi connectivity index (χ0v) is 10.4. The van der Waals surface area contributed by atoms with Crippen LogP contribution in [0.1, 0.15) is 20.3 Å².